The maximum atomic E-state index is 10.8. The van der Waals surface area contributed by atoms with Gasteiger partial charge in [-0.15, -0.1) is 0 Å². The standard InChI is InChI=1S/C10H8IN5O3/c11-6-4-13-15(5-6)9-2-1-7(16(18)19)3-8(9)10(12)14-17/h1-5,17H,(H2,12,14). The second-order valence-electron chi connectivity index (χ2n) is 3.55. The zero-order valence-corrected chi connectivity index (χ0v) is 11.6. The summed E-state index contributed by atoms with van der Waals surface area (Å²) in [6.45, 7) is 0. The van der Waals surface area contributed by atoms with Gasteiger partial charge < -0.3 is 10.9 Å². The third-order valence-corrected chi connectivity index (χ3v) is 2.93. The molecular formula is C10H8IN5O3. The third-order valence-electron chi connectivity index (χ3n) is 2.37. The Morgan fingerprint density at radius 3 is 2.84 bits per heavy atom. The van der Waals surface area contributed by atoms with Gasteiger partial charge in [-0.2, -0.15) is 5.10 Å². The lowest BCUT2D eigenvalue weighted by molar-refractivity contribution is -0.384. The van der Waals surface area contributed by atoms with Crippen molar-refractivity contribution in [3.63, 3.8) is 0 Å². The van der Waals surface area contributed by atoms with Crippen molar-refractivity contribution in [3.05, 3.63) is 49.8 Å². The lowest BCUT2D eigenvalue weighted by Crippen LogP contribution is -2.17. The van der Waals surface area contributed by atoms with Crippen molar-refractivity contribution in [3.8, 4) is 5.69 Å². The van der Waals surface area contributed by atoms with E-state index in [4.69, 9.17) is 10.9 Å². The molecule has 0 saturated heterocycles. The van der Waals surface area contributed by atoms with Crippen LogP contribution in [0.3, 0.4) is 0 Å². The van der Waals surface area contributed by atoms with Gasteiger partial charge in [0.1, 0.15) is 0 Å². The number of nitro benzene ring substituents is 1. The summed E-state index contributed by atoms with van der Waals surface area (Å²) in [6.07, 6.45) is 3.34. The summed E-state index contributed by atoms with van der Waals surface area (Å²) in [4.78, 5) is 10.2. The fourth-order valence-corrected chi connectivity index (χ4v) is 1.92. The van der Waals surface area contributed by atoms with Crippen LogP contribution in [0, 0.1) is 13.7 Å². The van der Waals surface area contributed by atoms with E-state index < -0.39 is 4.92 Å². The number of benzene rings is 1. The molecule has 2 rings (SSSR count). The average Bonchev–Trinajstić information content (AvgIpc) is 2.83. The molecule has 2 aromatic rings. The van der Waals surface area contributed by atoms with Gasteiger partial charge in [0.2, 0.25) is 0 Å². The SMILES string of the molecule is NC(=NO)c1cc([N+](=O)[O-])ccc1-n1cc(I)cn1. The zero-order chi connectivity index (χ0) is 14.0. The number of nitro groups is 1. The van der Waals surface area contributed by atoms with Gasteiger partial charge in [0, 0.05) is 18.3 Å². The minimum Gasteiger partial charge on any atom is -0.409 e. The number of hydrogen-bond acceptors (Lipinski definition) is 5. The van der Waals surface area contributed by atoms with Crippen molar-refractivity contribution >= 4 is 34.1 Å². The Morgan fingerprint density at radius 1 is 1.58 bits per heavy atom. The quantitative estimate of drug-likeness (QED) is 0.211. The van der Waals surface area contributed by atoms with Crippen LogP contribution >= 0.6 is 22.6 Å². The molecule has 0 fully saturated rings. The van der Waals surface area contributed by atoms with E-state index in [1.807, 2.05) is 0 Å². The molecule has 0 atom stereocenters. The molecular weight excluding hydrogens is 365 g/mol. The van der Waals surface area contributed by atoms with Crippen LogP contribution in [0.25, 0.3) is 5.69 Å². The van der Waals surface area contributed by atoms with E-state index in [0.717, 1.165) is 3.57 Å². The van der Waals surface area contributed by atoms with E-state index in [1.165, 1.54) is 22.9 Å². The molecule has 0 bridgehead atoms. The van der Waals surface area contributed by atoms with Gasteiger partial charge in [0.15, 0.2) is 5.84 Å². The number of nitrogens with zero attached hydrogens (tertiary/aromatic N) is 4. The van der Waals surface area contributed by atoms with E-state index in [1.54, 1.807) is 12.4 Å². The van der Waals surface area contributed by atoms with Crippen LogP contribution in [0.1, 0.15) is 5.56 Å². The third kappa shape index (κ3) is 2.65. The predicted octanol–water partition coefficient (Wildman–Crippen LogP) is 1.48. The van der Waals surface area contributed by atoms with Gasteiger partial charge in [0.05, 0.1) is 25.9 Å². The number of amidine groups is 1. The van der Waals surface area contributed by atoms with Gasteiger partial charge in [-0.05, 0) is 28.7 Å². The van der Waals surface area contributed by atoms with E-state index >= 15 is 0 Å². The largest absolute Gasteiger partial charge is 0.409 e. The first-order valence-corrected chi connectivity index (χ1v) is 6.07. The topological polar surface area (TPSA) is 120 Å². The van der Waals surface area contributed by atoms with Crippen LogP contribution < -0.4 is 5.73 Å². The van der Waals surface area contributed by atoms with Crippen molar-refractivity contribution < 1.29 is 10.1 Å². The minimum atomic E-state index is -0.551. The smallest absolute Gasteiger partial charge is 0.270 e. The summed E-state index contributed by atoms with van der Waals surface area (Å²) < 4.78 is 2.39. The van der Waals surface area contributed by atoms with Crippen molar-refractivity contribution in [2.24, 2.45) is 10.9 Å². The second kappa shape index (κ2) is 5.22. The first-order chi connectivity index (χ1) is 9.02. The van der Waals surface area contributed by atoms with E-state index in [-0.39, 0.29) is 17.1 Å². The summed E-state index contributed by atoms with van der Waals surface area (Å²) in [7, 11) is 0. The van der Waals surface area contributed by atoms with Crippen molar-refractivity contribution in [2.45, 2.75) is 0 Å². The van der Waals surface area contributed by atoms with Crippen LogP contribution in [0.5, 0.6) is 0 Å². The van der Waals surface area contributed by atoms with Crippen LogP contribution in [0.4, 0.5) is 5.69 Å². The Hall–Kier alpha value is -2.17. The van der Waals surface area contributed by atoms with Crippen LogP contribution in [-0.2, 0) is 0 Å². The molecule has 0 amide bonds. The molecule has 0 spiro atoms. The van der Waals surface area contributed by atoms with Crippen LogP contribution in [0.15, 0.2) is 35.7 Å². The number of halogens is 1. The molecule has 19 heavy (non-hydrogen) atoms. The van der Waals surface area contributed by atoms with Gasteiger partial charge >= 0.3 is 0 Å². The molecule has 0 aliphatic heterocycles. The van der Waals surface area contributed by atoms with E-state index in [2.05, 4.69) is 32.8 Å². The number of non-ortho nitro benzene ring substituents is 1. The van der Waals surface area contributed by atoms with Gasteiger partial charge in [-0.25, -0.2) is 4.68 Å². The molecule has 0 aliphatic rings. The van der Waals surface area contributed by atoms with Gasteiger partial charge in [-0.3, -0.25) is 10.1 Å². The summed E-state index contributed by atoms with van der Waals surface area (Å²) in [6, 6.07) is 4.06. The Labute approximate surface area is 120 Å². The summed E-state index contributed by atoms with van der Waals surface area (Å²) in [5, 5.41) is 26.5. The Morgan fingerprint density at radius 2 is 2.32 bits per heavy atom. The molecule has 1 aromatic carbocycles. The highest BCUT2D eigenvalue weighted by Gasteiger charge is 2.15. The first-order valence-electron chi connectivity index (χ1n) is 5.00. The fraction of sp³-hybridized carbons (Fsp3) is 0. The molecule has 1 aromatic heterocycles. The molecule has 0 saturated carbocycles. The average molecular weight is 373 g/mol. The van der Waals surface area contributed by atoms with Crippen LogP contribution in [0.2, 0.25) is 0 Å². The molecule has 98 valence electrons. The van der Waals surface area contributed by atoms with E-state index in [0.29, 0.717) is 5.69 Å². The highest BCUT2D eigenvalue weighted by Crippen LogP contribution is 2.21. The normalized spacial score (nSPS) is 11.5. The second-order valence-corrected chi connectivity index (χ2v) is 4.79. The minimum absolute atomic E-state index is 0.146. The molecule has 8 nitrogen and oxygen atoms in total. The number of hydrogen-bond donors (Lipinski definition) is 2. The zero-order valence-electron chi connectivity index (χ0n) is 9.39. The maximum absolute atomic E-state index is 10.8. The summed E-state index contributed by atoms with van der Waals surface area (Å²) >= 11 is 2.08. The predicted molar refractivity (Wildman–Crippen MR) is 75.4 cm³/mol. The maximum Gasteiger partial charge on any atom is 0.270 e. The molecule has 0 unspecified atom stereocenters. The lowest BCUT2D eigenvalue weighted by Gasteiger charge is -2.07. The highest BCUT2D eigenvalue weighted by atomic mass is 127. The summed E-state index contributed by atoms with van der Waals surface area (Å²) in [5.41, 5.74) is 6.12. The Balaban J connectivity index is 2.63. The van der Waals surface area contributed by atoms with Crippen molar-refractivity contribution in [1.82, 2.24) is 9.78 Å². The highest BCUT2D eigenvalue weighted by molar-refractivity contribution is 14.1. The monoisotopic (exact) mass is 373 g/mol. The molecule has 0 aliphatic carbocycles. The van der Waals surface area contributed by atoms with Crippen molar-refractivity contribution in [2.75, 3.05) is 0 Å². The number of rotatable bonds is 3. The first kappa shape index (κ1) is 13.3. The van der Waals surface area contributed by atoms with Crippen molar-refractivity contribution in [1.29, 1.82) is 0 Å². The number of nitrogens with two attached hydrogens (primary N) is 1. The van der Waals surface area contributed by atoms with Gasteiger partial charge in [-0.1, -0.05) is 5.16 Å². The fourth-order valence-electron chi connectivity index (χ4n) is 1.53. The lowest BCUT2D eigenvalue weighted by atomic mass is 10.1. The number of oxime groups is 1. The molecule has 9 heteroatoms. The molecule has 3 N–H and O–H groups in total. The molecule has 0 radical (unpaired) electrons. The summed E-state index contributed by atoms with van der Waals surface area (Å²) in [5.74, 6) is -0.218. The van der Waals surface area contributed by atoms with Gasteiger partial charge in [0.25, 0.3) is 5.69 Å². The van der Waals surface area contributed by atoms with Crippen LogP contribution in [-0.4, -0.2) is 25.7 Å². The Kier molecular flexibility index (Phi) is 3.64. The Bertz CT molecular complexity index is 667. The number of aromatic nitrogens is 2. The van der Waals surface area contributed by atoms with E-state index in [9.17, 15) is 10.1 Å². The molecule has 1 heterocycles.